The van der Waals surface area contributed by atoms with Crippen molar-refractivity contribution in [3.63, 3.8) is 0 Å². The summed E-state index contributed by atoms with van der Waals surface area (Å²) in [7, 11) is 0. The normalized spacial score (nSPS) is 23.4. The van der Waals surface area contributed by atoms with Gasteiger partial charge in [-0.1, -0.05) is 0 Å². The summed E-state index contributed by atoms with van der Waals surface area (Å²) in [4.78, 5) is 69.8. The summed E-state index contributed by atoms with van der Waals surface area (Å²) in [5.41, 5.74) is -0.259. The lowest BCUT2D eigenvalue weighted by molar-refractivity contribution is -0.384. The zero-order chi connectivity index (χ0) is 26.3. The highest BCUT2D eigenvalue weighted by molar-refractivity contribution is 5.94. The Bertz CT molecular complexity index is 993. The van der Waals surface area contributed by atoms with Crippen LogP contribution >= 0.6 is 0 Å². The van der Waals surface area contributed by atoms with Gasteiger partial charge in [0, 0.05) is 45.4 Å². The van der Waals surface area contributed by atoms with E-state index in [1.54, 1.807) is 0 Å². The smallest absolute Gasteiger partial charge is 0.305 e. The van der Waals surface area contributed by atoms with Crippen molar-refractivity contribution in [3.05, 3.63) is 39.9 Å². The van der Waals surface area contributed by atoms with E-state index in [4.69, 9.17) is 23.7 Å². The van der Waals surface area contributed by atoms with E-state index in [-0.39, 0.29) is 11.3 Å². The summed E-state index contributed by atoms with van der Waals surface area (Å²) in [5.74, 6) is -3.91. The Balaban J connectivity index is 2.47. The van der Waals surface area contributed by atoms with Crippen LogP contribution in [0.15, 0.2) is 24.3 Å². The molecule has 0 aromatic heterocycles. The van der Waals surface area contributed by atoms with Gasteiger partial charge in [-0.25, -0.2) is 0 Å². The molecule has 1 aromatic rings. The van der Waals surface area contributed by atoms with Gasteiger partial charge >= 0.3 is 23.9 Å². The lowest BCUT2D eigenvalue weighted by Gasteiger charge is -2.44. The fraction of sp³-hybridized carbons (Fsp3) is 0.476. The summed E-state index contributed by atoms with van der Waals surface area (Å²) in [6.07, 6.45) is -5.63. The predicted molar refractivity (Wildman–Crippen MR) is 113 cm³/mol. The predicted octanol–water partition coefficient (Wildman–Crippen LogP) is 0.408. The highest BCUT2D eigenvalue weighted by Gasteiger charge is 2.52. The molecule has 1 heterocycles. The summed E-state index contributed by atoms with van der Waals surface area (Å²) >= 11 is 0. The van der Waals surface area contributed by atoms with Crippen LogP contribution in [0.4, 0.5) is 5.69 Å². The molecule has 1 saturated heterocycles. The second kappa shape index (κ2) is 11.9. The molecular formula is C21H24N2O12. The van der Waals surface area contributed by atoms with E-state index in [0.717, 1.165) is 39.8 Å². The molecule has 1 fully saturated rings. The molecule has 1 aliphatic heterocycles. The van der Waals surface area contributed by atoms with Crippen molar-refractivity contribution in [2.45, 2.75) is 58.3 Å². The Kier molecular flexibility index (Phi) is 9.22. The standard InChI is InChI=1S/C21H24N2O12/c1-10(24)31-9-16-18(32-11(2)25)17(19(33-12(3)26)21(35-16)34-13(4)27)22-20(28)14-5-7-15(8-6-14)23(29)30/h5-8,16-19,21H,9H2,1-4H3,(H,22,28)/t16-,17+,18+,19-,21?/m1/s1. The van der Waals surface area contributed by atoms with Gasteiger partial charge in [0.2, 0.25) is 6.29 Å². The highest BCUT2D eigenvalue weighted by Crippen LogP contribution is 2.28. The maximum Gasteiger partial charge on any atom is 0.305 e. The van der Waals surface area contributed by atoms with Gasteiger partial charge in [0.05, 0.1) is 4.92 Å². The zero-order valence-corrected chi connectivity index (χ0v) is 19.2. The minimum Gasteiger partial charge on any atom is -0.463 e. The first-order valence-electron chi connectivity index (χ1n) is 10.2. The van der Waals surface area contributed by atoms with Crippen LogP contribution in [0, 0.1) is 10.1 Å². The molecule has 14 heteroatoms. The number of non-ortho nitro benzene ring substituents is 1. The Morgan fingerprint density at radius 1 is 0.886 bits per heavy atom. The third kappa shape index (κ3) is 7.74. The second-order valence-corrected chi connectivity index (χ2v) is 7.41. The van der Waals surface area contributed by atoms with Crippen LogP contribution < -0.4 is 5.32 Å². The number of ether oxygens (including phenoxy) is 5. The summed E-state index contributed by atoms with van der Waals surface area (Å²) in [5, 5.41) is 13.4. The third-order valence-corrected chi connectivity index (χ3v) is 4.63. The number of amides is 1. The van der Waals surface area contributed by atoms with Crippen LogP contribution in [0.3, 0.4) is 0 Å². The molecule has 5 atom stereocenters. The van der Waals surface area contributed by atoms with Crippen molar-refractivity contribution < 1.29 is 52.6 Å². The van der Waals surface area contributed by atoms with Crippen LogP contribution in [0.5, 0.6) is 0 Å². The molecule has 1 amide bonds. The number of nitrogens with one attached hydrogen (secondary N) is 1. The molecule has 0 radical (unpaired) electrons. The molecule has 1 unspecified atom stereocenters. The van der Waals surface area contributed by atoms with Crippen molar-refractivity contribution in [1.29, 1.82) is 0 Å². The average molecular weight is 496 g/mol. The monoisotopic (exact) mass is 496 g/mol. The van der Waals surface area contributed by atoms with Gasteiger partial charge in [-0.2, -0.15) is 0 Å². The number of hydrogen-bond donors (Lipinski definition) is 1. The third-order valence-electron chi connectivity index (χ3n) is 4.63. The fourth-order valence-electron chi connectivity index (χ4n) is 3.30. The van der Waals surface area contributed by atoms with Crippen LogP contribution in [0.25, 0.3) is 0 Å². The highest BCUT2D eigenvalue weighted by atomic mass is 16.7. The number of nitro benzene ring substituents is 1. The average Bonchev–Trinajstić information content (AvgIpc) is 2.75. The summed E-state index contributed by atoms with van der Waals surface area (Å²) < 4.78 is 26.3. The summed E-state index contributed by atoms with van der Waals surface area (Å²) in [6, 6.07) is 3.25. The Hall–Kier alpha value is -4.07. The van der Waals surface area contributed by atoms with Gasteiger partial charge in [-0.05, 0) is 12.1 Å². The Morgan fingerprint density at radius 3 is 1.91 bits per heavy atom. The number of carbonyl (C=O) groups excluding carboxylic acids is 5. The van der Waals surface area contributed by atoms with E-state index in [9.17, 15) is 34.1 Å². The van der Waals surface area contributed by atoms with Gasteiger partial charge in [0.25, 0.3) is 11.6 Å². The minimum absolute atomic E-state index is 0.00851. The topological polar surface area (TPSA) is 187 Å². The second-order valence-electron chi connectivity index (χ2n) is 7.41. The first kappa shape index (κ1) is 27.2. The number of carbonyl (C=O) groups is 5. The van der Waals surface area contributed by atoms with Gasteiger partial charge in [0.15, 0.2) is 12.2 Å². The maximum atomic E-state index is 13.0. The molecular weight excluding hydrogens is 472 g/mol. The van der Waals surface area contributed by atoms with E-state index >= 15 is 0 Å². The van der Waals surface area contributed by atoms with Crippen molar-refractivity contribution in [2.24, 2.45) is 0 Å². The van der Waals surface area contributed by atoms with Crippen molar-refractivity contribution >= 4 is 35.5 Å². The number of benzene rings is 1. The number of nitro groups is 1. The van der Waals surface area contributed by atoms with Crippen LogP contribution in [-0.4, -0.2) is 72.0 Å². The van der Waals surface area contributed by atoms with E-state index in [1.165, 1.54) is 12.1 Å². The Morgan fingerprint density at radius 2 is 1.43 bits per heavy atom. The number of esters is 4. The van der Waals surface area contributed by atoms with Crippen molar-refractivity contribution in [2.75, 3.05) is 6.61 Å². The first-order valence-corrected chi connectivity index (χ1v) is 10.2. The lowest BCUT2D eigenvalue weighted by atomic mass is 9.95. The Labute approximate surface area is 198 Å². The zero-order valence-electron chi connectivity index (χ0n) is 19.2. The molecule has 0 saturated carbocycles. The van der Waals surface area contributed by atoms with Crippen molar-refractivity contribution in [1.82, 2.24) is 5.32 Å². The van der Waals surface area contributed by atoms with E-state index in [2.05, 4.69) is 5.32 Å². The maximum absolute atomic E-state index is 13.0. The van der Waals surface area contributed by atoms with Crippen molar-refractivity contribution in [3.8, 4) is 0 Å². The SMILES string of the molecule is CC(=O)OC[C@H]1OC(OC(C)=O)[C@H](OC(C)=O)[C@@H](NC(=O)c2ccc([N+](=O)[O-])cc2)[C@H]1OC(C)=O. The summed E-state index contributed by atoms with van der Waals surface area (Å²) in [6.45, 7) is 3.88. The number of nitrogens with zero attached hydrogens (tertiary/aromatic N) is 1. The van der Waals surface area contributed by atoms with Crippen LogP contribution in [0.2, 0.25) is 0 Å². The van der Waals surface area contributed by atoms with Crippen LogP contribution in [-0.2, 0) is 42.9 Å². The number of rotatable bonds is 8. The quantitative estimate of drug-likeness (QED) is 0.226. The lowest BCUT2D eigenvalue weighted by Crippen LogP contribution is -2.67. The number of hydrogen-bond acceptors (Lipinski definition) is 12. The molecule has 1 aromatic carbocycles. The fourth-order valence-corrected chi connectivity index (χ4v) is 3.30. The molecule has 0 aliphatic carbocycles. The van der Waals surface area contributed by atoms with Gasteiger partial charge in [-0.3, -0.25) is 34.1 Å². The molecule has 0 spiro atoms. The minimum atomic E-state index is -1.56. The molecule has 14 nitrogen and oxygen atoms in total. The molecule has 0 bridgehead atoms. The molecule has 35 heavy (non-hydrogen) atoms. The van der Waals surface area contributed by atoms with Gasteiger partial charge < -0.3 is 29.0 Å². The van der Waals surface area contributed by atoms with Gasteiger partial charge in [-0.15, -0.1) is 0 Å². The van der Waals surface area contributed by atoms with E-state index < -0.39 is 72.0 Å². The van der Waals surface area contributed by atoms with Crippen LogP contribution in [0.1, 0.15) is 38.1 Å². The van der Waals surface area contributed by atoms with E-state index in [1.807, 2.05) is 0 Å². The molecule has 2 rings (SSSR count). The molecule has 1 aliphatic rings. The first-order chi connectivity index (χ1) is 16.4. The largest absolute Gasteiger partial charge is 0.463 e. The van der Waals surface area contributed by atoms with E-state index in [0.29, 0.717) is 0 Å². The van der Waals surface area contributed by atoms with Gasteiger partial charge in [0.1, 0.15) is 18.8 Å². The molecule has 1 N–H and O–H groups in total. The molecule has 190 valence electrons.